The van der Waals surface area contributed by atoms with Gasteiger partial charge in [0.25, 0.3) is 0 Å². The summed E-state index contributed by atoms with van der Waals surface area (Å²) in [7, 11) is 0. The van der Waals surface area contributed by atoms with Crippen LogP contribution in [0.5, 0.6) is 0 Å². The molecule has 1 aromatic carbocycles. The van der Waals surface area contributed by atoms with E-state index in [4.69, 9.17) is 10.2 Å². The van der Waals surface area contributed by atoms with E-state index in [0.29, 0.717) is 25.1 Å². The van der Waals surface area contributed by atoms with Crippen molar-refractivity contribution in [1.29, 1.82) is 0 Å². The van der Waals surface area contributed by atoms with Crippen molar-refractivity contribution in [2.24, 2.45) is 0 Å². The molecule has 0 aliphatic carbocycles. The zero-order valence-corrected chi connectivity index (χ0v) is 10.4. The Hall–Kier alpha value is -2.14. The van der Waals surface area contributed by atoms with Crippen LogP contribution in [0.3, 0.4) is 0 Å². The number of carbonyl (C=O) groups is 1. The molecule has 19 heavy (non-hydrogen) atoms. The number of carbonyl (C=O) groups excluding carboxylic acids is 1. The van der Waals surface area contributed by atoms with E-state index in [-0.39, 0.29) is 11.5 Å². The molecule has 0 aliphatic heterocycles. The Kier molecular flexibility index (Phi) is 4.30. The van der Waals surface area contributed by atoms with Crippen molar-refractivity contribution in [3.05, 3.63) is 53.7 Å². The molecule has 0 amide bonds. The Morgan fingerprint density at radius 2 is 2.21 bits per heavy atom. The highest BCUT2D eigenvalue weighted by Crippen LogP contribution is 2.13. The van der Waals surface area contributed by atoms with E-state index in [1.807, 2.05) is 12.1 Å². The summed E-state index contributed by atoms with van der Waals surface area (Å²) in [6.07, 6.45) is 1.93. The lowest BCUT2D eigenvalue weighted by Gasteiger charge is -2.04. The monoisotopic (exact) mass is 262 g/mol. The zero-order chi connectivity index (χ0) is 13.7. The summed E-state index contributed by atoms with van der Waals surface area (Å²) in [5.74, 6) is 0.240. The maximum absolute atomic E-state index is 13.0. The smallest absolute Gasteiger partial charge is 0.164 e. The summed E-state index contributed by atoms with van der Waals surface area (Å²) < 4.78 is 18.1. The Balaban J connectivity index is 1.79. The van der Waals surface area contributed by atoms with E-state index < -0.39 is 5.82 Å². The molecular weight excluding hydrogens is 247 g/mol. The summed E-state index contributed by atoms with van der Waals surface area (Å²) in [6.45, 7) is 1.10. The van der Waals surface area contributed by atoms with Crippen LogP contribution in [0.1, 0.15) is 22.5 Å². The Bertz CT molecular complexity index is 553. The molecular formula is C14H15FN2O2. The number of Topliss-reactive ketones (excluding diaryl/α,β-unsaturated/α-hetero) is 1. The summed E-state index contributed by atoms with van der Waals surface area (Å²) in [5, 5.41) is 3.09. The minimum Gasteiger partial charge on any atom is -0.468 e. The third-order valence-corrected chi connectivity index (χ3v) is 2.73. The highest BCUT2D eigenvalue weighted by molar-refractivity contribution is 5.96. The second kappa shape index (κ2) is 6.15. The summed E-state index contributed by atoms with van der Waals surface area (Å²) in [5.41, 5.74) is 5.85. The number of rotatable bonds is 6. The molecule has 0 radical (unpaired) electrons. The number of nitrogens with one attached hydrogen (secondary N) is 1. The van der Waals surface area contributed by atoms with Crippen molar-refractivity contribution in [2.45, 2.75) is 13.0 Å². The number of hydrogen-bond acceptors (Lipinski definition) is 4. The standard InChI is InChI=1S/C14H15FN2O2/c15-12-4-3-10(8-13(12)16)14(18)5-6-17-9-11-2-1-7-19-11/h1-4,7-8,17H,5-6,9,16H2. The van der Waals surface area contributed by atoms with Crippen molar-refractivity contribution in [2.75, 3.05) is 12.3 Å². The van der Waals surface area contributed by atoms with Gasteiger partial charge in [-0.1, -0.05) is 0 Å². The van der Waals surface area contributed by atoms with Crippen LogP contribution in [0.2, 0.25) is 0 Å². The van der Waals surface area contributed by atoms with Gasteiger partial charge in [0.1, 0.15) is 11.6 Å². The molecule has 4 nitrogen and oxygen atoms in total. The normalized spacial score (nSPS) is 10.6. The third-order valence-electron chi connectivity index (χ3n) is 2.73. The minimum atomic E-state index is -0.507. The summed E-state index contributed by atoms with van der Waals surface area (Å²) in [4.78, 5) is 11.8. The Morgan fingerprint density at radius 3 is 2.89 bits per heavy atom. The molecule has 100 valence electrons. The van der Waals surface area contributed by atoms with Crippen molar-refractivity contribution in [3.8, 4) is 0 Å². The van der Waals surface area contributed by atoms with Gasteiger partial charge in [-0.3, -0.25) is 4.79 Å². The molecule has 2 aromatic rings. The topological polar surface area (TPSA) is 68.3 Å². The highest BCUT2D eigenvalue weighted by atomic mass is 19.1. The minimum absolute atomic E-state index is 0.00519. The molecule has 0 fully saturated rings. The average molecular weight is 262 g/mol. The number of ketones is 1. The molecule has 1 heterocycles. The predicted octanol–water partition coefficient (Wildman–Crippen LogP) is 2.36. The van der Waals surface area contributed by atoms with Crippen LogP contribution in [0.4, 0.5) is 10.1 Å². The van der Waals surface area contributed by atoms with Gasteiger partial charge in [-0.05, 0) is 30.3 Å². The van der Waals surface area contributed by atoms with Gasteiger partial charge in [0.2, 0.25) is 0 Å². The number of benzene rings is 1. The number of furan rings is 1. The molecule has 0 saturated carbocycles. The fourth-order valence-electron chi connectivity index (χ4n) is 1.69. The third kappa shape index (κ3) is 3.66. The lowest BCUT2D eigenvalue weighted by atomic mass is 10.1. The van der Waals surface area contributed by atoms with E-state index >= 15 is 0 Å². The van der Waals surface area contributed by atoms with Crippen LogP contribution < -0.4 is 11.1 Å². The van der Waals surface area contributed by atoms with Gasteiger partial charge in [-0.15, -0.1) is 0 Å². The zero-order valence-electron chi connectivity index (χ0n) is 10.4. The highest BCUT2D eigenvalue weighted by Gasteiger charge is 2.08. The van der Waals surface area contributed by atoms with Crippen molar-refractivity contribution in [3.63, 3.8) is 0 Å². The van der Waals surface area contributed by atoms with Crippen LogP contribution in [-0.2, 0) is 6.54 Å². The van der Waals surface area contributed by atoms with Crippen molar-refractivity contribution in [1.82, 2.24) is 5.32 Å². The first-order chi connectivity index (χ1) is 9.16. The molecule has 0 aliphatic rings. The molecule has 0 unspecified atom stereocenters. The van der Waals surface area contributed by atoms with Gasteiger partial charge >= 0.3 is 0 Å². The fourth-order valence-corrected chi connectivity index (χ4v) is 1.69. The van der Waals surface area contributed by atoms with Gasteiger partial charge in [0.15, 0.2) is 5.78 Å². The number of hydrogen-bond donors (Lipinski definition) is 2. The first-order valence-corrected chi connectivity index (χ1v) is 5.98. The average Bonchev–Trinajstić information content (AvgIpc) is 2.91. The van der Waals surface area contributed by atoms with Gasteiger partial charge in [0, 0.05) is 18.5 Å². The van der Waals surface area contributed by atoms with E-state index in [9.17, 15) is 9.18 Å². The molecule has 2 rings (SSSR count). The van der Waals surface area contributed by atoms with Gasteiger partial charge < -0.3 is 15.5 Å². The lowest BCUT2D eigenvalue weighted by molar-refractivity contribution is 0.0982. The van der Waals surface area contributed by atoms with E-state index in [2.05, 4.69) is 5.32 Å². The summed E-state index contributed by atoms with van der Waals surface area (Å²) in [6, 6.07) is 7.68. The van der Waals surface area contributed by atoms with Gasteiger partial charge in [-0.25, -0.2) is 4.39 Å². The number of anilines is 1. The Labute approximate surface area is 110 Å². The molecule has 5 heteroatoms. The molecule has 0 bridgehead atoms. The molecule has 3 N–H and O–H groups in total. The first-order valence-electron chi connectivity index (χ1n) is 5.98. The van der Waals surface area contributed by atoms with E-state index in [0.717, 1.165) is 5.76 Å². The SMILES string of the molecule is Nc1cc(C(=O)CCNCc2ccco2)ccc1F. The molecule has 0 saturated heterocycles. The van der Waals surface area contributed by atoms with Gasteiger partial charge in [0.05, 0.1) is 18.5 Å². The molecule has 0 atom stereocenters. The van der Waals surface area contributed by atoms with E-state index in [1.165, 1.54) is 18.2 Å². The summed E-state index contributed by atoms with van der Waals surface area (Å²) >= 11 is 0. The van der Waals surface area contributed by atoms with Crippen LogP contribution in [0, 0.1) is 5.82 Å². The van der Waals surface area contributed by atoms with Crippen LogP contribution in [0.15, 0.2) is 41.0 Å². The fraction of sp³-hybridized carbons (Fsp3) is 0.214. The van der Waals surface area contributed by atoms with E-state index in [1.54, 1.807) is 6.26 Å². The maximum atomic E-state index is 13.0. The predicted molar refractivity (Wildman–Crippen MR) is 70.2 cm³/mol. The van der Waals surface area contributed by atoms with Crippen molar-refractivity contribution < 1.29 is 13.6 Å². The van der Waals surface area contributed by atoms with Crippen LogP contribution in [-0.4, -0.2) is 12.3 Å². The largest absolute Gasteiger partial charge is 0.468 e. The lowest BCUT2D eigenvalue weighted by Crippen LogP contribution is -2.17. The second-order valence-corrected chi connectivity index (χ2v) is 4.17. The number of nitrogen functional groups attached to an aromatic ring is 1. The quantitative estimate of drug-likeness (QED) is 0.476. The number of halogens is 1. The maximum Gasteiger partial charge on any atom is 0.164 e. The van der Waals surface area contributed by atoms with Crippen molar-refractivity contribution >= 4 is 11.5 Å². The van der Waals surface area contributed by atoms with Crippen LogP contribution in [0.25, 0.3) is 0 Å². The molecule has 0 spiro atoms. The number of nitrogens with two attached hydrogens (primary N) is 1. The van der Waals surface area contributed by atoms with Gasteiger partial charge in [-0.2, -0.15) is 0 Å². The van der Waals surface area contributed by atoms with Crippen LogP contribution >= 0.6 is 0 Å². The molecule has 1 aromatic heterocycles. The first kappa shape index (κ1) is 13.3. The Morgan fingerprint density at radius 1 is 1.37 bits per heavy atom. The second-order valence-electron chi connectivity index (χ2n) is 4.17.